The van der Waals surface area contributed by atoms with Gasteiger partial charge in [0, 0.05) is 0 Å². The number of halogens is 1. The number of nitrogens with zero attached hydrogens (tertiary/aromatic N) is 4. The third kappa shape index (κ3) is 2.88. The van der Waals surface area contributed by atoms with E-state index in [2.05, 4.69) is 20.4 Å². The number of anilines is 1. The Balaban J connectivity index is 2.32. The van der Waals surface area contributed by atoms with Gasteiger partial charge in [-0.2, -0.15) is 15.2 Å². The molecule has 0 saturated carbocycles. The van der Waals surface area contributed by atoms with Crippen molar-refractivity contribution < 1.29 is 13.9 Å². The minimum absolute atomic E-state index is 0.000836. The summed E-state index contributed by atoms with van der Waals surface area (Å²) in [6.45, 7) is 0. The maximum absolute atomic E-state index is 13.7. The molecule has 0 bridgehead atoms. The Morgan fingerprint density at radius 1 is 1.30 bits per heavy atom. The van der Waals surface area contributed by atoms with Crippen molar-refractivity contribution in [3.8, 4) is 23.8 Å². The summed E-state index contributed by atoms with van der Waals surface area (Å²) in [5.41, 5.74) is 2.38. The van der Waals surface area contributed by atoms with Gasteiger partial charge in [-0.3, -0.25) is 5.43 Å². The fraction of sp³-hybridized carbons (Fsp3) is 0.0909. The molecule has 102 valence electrons. The molecule has 20 heavy (non-hydrogen) atoms. The van der Waals surface area contributed by atoms with Crippen LogP contribution in [0.15, 0.2) is 18.2 Å². The van der Waals surface area contributed by atoms with Crippen LogP contribution in [0.1, 0.15) is 5.56 Å². The molecule has 0 atom stereocenters. The average Bonchev–Trinajstić information content (AvgIpc) is 2.48. The second-order valence-corrected chi connectivity index (χ2v) is 3.43. The first-order chi connectivity index (χ1) is 9.66. The summed E-state index contributed by atoms with van der Waals surface area (Å²) in [6, 6.07) is 5.30. The lowest BCUT2D eigenvalue weighted by Gasteiger charge is -2.07. The predicted octanol–water partition coefficient (Wildman–Crippen LogP) is 0.969. The van der Waals surface area contributed by atoms with Gasteiger partial charge in [-0.25, -0.2) is 10.2 Å². The minimum atomic E-state index is -0.717. The zero-order valence-electron chi connectivity index (χ0n) is 10.3. The Labute approximate surface area is 113 Å². The molecule has 0 amide bonds. The fourth-order valence-corrected chi connectivity index (χ4v) is 1.29. The van der Waals surface area contributed by atoms with Gasteiger partial charge in [0.05, 0.1) is 18.7 Å². The van der Waals surface area contributed by atoms with E-state index in [9.17, 15) is 4.39 Å². The van der Waals surface area contributed by atoms with E-state index in [1.54, 1.807) is 0 Å². The monoisotopic (exact) mass is 276 g/mol. The first kappa shape index (κ1) is 13.4. The van der Waals surface area contributed by atoms with Gasteiger partial charge >= 0.3 is 12.0 Å². The smallest absolute Gasteiger partial charge is 0.330 e. The van der Waals surface area contributed by atoms with Crippen LogP contribution in [0.3, 0.4) is 0 Å². The van der Waals surface area contributed by atoms with Crippen molar-refractivity contribution in [1.29, 1.82) is 5.26 Å². The summed E-state index contributed by atoms with van der Waals surface area (Å²) in [4.78, 5) is 11.3. The van der Waals surface area contributed by atoms with Gasteiger partial charge in [0.15, 0.2) is 11.6 Å². The maximum Gasteiger partial charge on any atom is 0.330 e. The van der Waals surface area contributed by atoms with Crippen LogP contribution >= 0.6 is 0 Å². The number of methoxy groups -OCH3 is 1. The van der Waals surface area contributed by atoms with E-state index in [0.29, 0.717) is 0 Å². The van der Waals surface area contributed by atoms with Crippen LogP contribution < -0.4 is 20.7 Å². The lowest BCUT2D eigenvalue weighted by atomic mass is 10.2. The molecule has 0 saturated heterocycles. The average molecular weight is 276 g/mol. The molecule has 0 aliphatic carbocycles. The Kier molecular flexibility index (Phi) is 3.88. The van der Waals surface area contributed by atoms with Crippen LogP contribution in [0.25, 0.3) is 0 Å². The highest BCUT2D eigenvalue weighted by molar-refractivity contribution is 5.37. The topological polar surface area (TPSA) is 119 Å². The van der Waals surface area contributed by atoms with Crippen molar-refractivity contribution in [3.05, 3.63) is 29.6 Å². The summed E-state index contributed by atoms with van der Waals surface area (Å²) < 4.78 is 23.7. The zero-order chi connectivity index (χ0) is 14.5. The second-order valence-electron chi connectivity index (χ2n) is 3.43. The number of hydrogen-bond donors (Lipinski definition) is 2. The van der Waals surface area contributed by atoms with Crippen LogP contribution in [0.2, 0.25) is 0 Å². The number of hydrogen-bond acceptors (Lipinski definition) is 8. The van der Waals surface area contributed by atoms with E-state index < -0.39 is 5.82 Å². The zero-order valence-corrected chi connectivity index (χ0v) is 10.3. The minimum Gasteiger partial charge on any atom is -0.467 e. The molecular formula is C11H9FN6O2. The van der Waals surface area contributed by atoms with E-state index in [-0.39, 0.29) is 29.3 Å². The molecule has 1 heterocycles. The molecular weight excluding hydrogens is 267 g/mol. The Hall–Kier alpha value is -2.99. The van der Waals surface area contributed by atoms with Crippen LogP contribution in [0.4, 0.5) is 10.3 Å². The first-order valence-corrected chi connectivity index (χ1v) is 5.30. The Morgan fingerprint density at radius 3 is 2.65 bits per heavy atom. The van der Waals surface area contributed by atoms with Gasteiger partial charge in [0.25, 0.3) is 0 Å². The van der Waals surface area contributed by atoms with Crippen molar-refractivity contribution in [1.82, 2.24) is 15.0 Å². The molecule has 0 aliphatic rings. The molecule has 3 N–H and O–H groups in total. The van der Waals surface area contributed by atoms with Crippen LogP contribution in [0.5, 0.6) is 17.8 Å². The quantitative estimate of drug-likeness (QED) is 0.626. The molecule has 1 aromatic heterocycles. The summed E-state index contributed by atoms with van der Waals surface area (Å²) in [7, 11) is 1.35. The predicted molar refractivity (Wildman–Crippen MR) is 65.4 cm³/mol. The van der Waals surface area contributed by atoms with Crippen molar-refractivity contribution >= 4 is 5.95 Å². The largest absolute Gasteiger partial charge is 0.467 e. The Bertz CT molecular complexity index is 650. The second kappa shape index (κ2) is 5.77. The van der Waals surface area contributed by atoms with Gasteiger partial charge < -0.3 is 9.47 Å². The van der Waals surface area contributed by atoms with Gasteiger partial charge in [-0.05, 0) is 18.2 Å². The van der Waals surface area contributed by atoms with E-state index in [0.717, 1.165) is 6.07 Å². The van der Waals surface area contributed by atoms with Crippen molar-refractivity contribution in [3.63, 3.8) is 0 Å². The standard InChI is InChI=1S/C11H9FN6O2/c1-19-10-15-9(18-14)16-11(17-10)20-8-3-2-6(5-13)4-7(8)12/h2-4H,14H2,1H3,(H,15,16,17,18). The number of rotatable bonds is 4. The van der Waals surface area contributed by atoms with E-state index >= 15 is 0 Å². The lowest BCUT2D eigenvalue weighted by molar-refractivity contribution is 0.355. The third-order valence-corrected chi connectivity index (χ3v) is 2.17. The molecule has 0 aliphatic heterocycles. The van der Waals surface area contributed by atoms with E-state index in [1.165, 1.54) is 19.2 Å². The fourth-order valence-electron chi connectivity index (χ4n) is 1.29. The molecule has 0 fully saturated rings. The molecule has 2 aromatic rings. The highest BCUT2D eigenvalue weighted by Crippen LogP contribution is 2.24. The van der Waals surface area contributed by atoms with Gasteiger partial charge in [0.2, 0.25) is 5.95 Å². The highest BCUT2D eigenvalue weighted by Gasteiger charge is 2.11. The molecule has 2 rings (SSSR count). The molecule has 0 spiro atoms. The summed E-state index contributed by atoms with van der Waals surface area (Å²) in [6.07, 6.45) is 0. The third-order valence-electron chi connectivity index (χ3n) is 2.17. The summed E-state index contributed by atoms with van der Waals surface area (Å²) >= 11 is 0. The molecule has 0 unspecified atom stereocenters. The lowest BCUT2D eigenvalue weighted by Crippen LogP contribution is -2.12. The first-order valence-electron chi connectivity index (χ1n) is 5.30. The van der Waals surface area contributed by atoms with Gasteiger partial charge in [-0.15, -0.1) is 4.98 Å². The van der Waals surface area contributed by atoms with Crippen LogP contribution in [0, 0.1) is 17.1 Å². The summed E-state index contributed by atoms with van der Waals surface area (Å²) in [5.74, 6) is 4.32. The van der Waals surface area contributed by atoms with Crippen LogP contribution in [-0.2, 0) is 0 Å². The number of ether oxygens (including phenoxy) is 2. The van der Waals surface area contributed by atoms with Crippen molar-refractivity contribution in [2.75, 3.05) is 12.5 Å². The van der Waals surface area contributed by atoms with E-state index in [4.69, 9.17) is 20.6 Å². The number of hydrazine groups is 1. The van der Waals surface area contributed by atoms with E-state index in [1.807, 2.05) is 6.07 Å². The van der Waals surface area contributed by atoms with Gasteiger partial charge in [0.1, 0.15) is 0 Å². The number of nitriles is 1. The van der Waals surface area contributed by atoms with Gasteiger partial charge in [-0.1, -0.05) is 0 Å². The molecule has 8 nitrogen and oxygen atoms in total. The molecule has 9 heteroatoms. The maximum atomic E-state index is 13.7. The molecule has 1 aromatic carbocycles. The highest BCUT2D eigenvalue weighted by atomic mass is 19.1. The van der Waals surface area contributed by atoms with Crippen LogP contribution in [-0.4, -0.2) is 22.1 Å². The number of nitrogens with two attached hydrogens (primary N) is 1. The normalized spacial score (nSPS) is 9.70. The number of aromatic nitrogens is 3. The summed E-state index contributed by atoms with van der Waals surface area (Å²) in [5, 5.41) is 8.65. The SMILES string of the molecule is COc1nc(NN)nc(Oc2ccc(C#N)cc2F)n1. The number of nitrogens with one attached hydrogen (secondary N) is 1. The van der Waals surface area contributed by atoms with Crippen molar-refractivity contribution in [2.45, 2.75) is 0 Å². The molecule has 0 radical (unpaired) electrons. The number of benzene rings is 1. The van der Waals surface area contributed by atoms with Crippen molar-refractivity contribution in [2.24, 2.45) is 5.84 Å². The Morgan fingerprint density at radius 2 is 2.05 bits per heavy atom. The number of nitrogen functional groups attached to an aromatic ring is 1.